The van der Waals surface area contributed by atoms with Crippen LogP contribution in [0.25, 0.3) is 15.9 Å². The number of nitrogens with one attached hydrogen (secondary N) is 1. The van der Waals surface area contributed by atoms with Crippen molar-refractivity contribution in [1.29, 1.82) is 0 Å². The number of methoxy groups -OCH3 is 1. The van der Waals surface area contributed by atoms with Gasteiger partial charge in [-0.1, -0.05) is 6.92 Å². The van der Waals surface area contributed by atoms with E-state index in [1.807, 2.05) is 6.92 Å². The molecule has 0 fully saturated rings. The number of hydrogen-bond donors (Lipinski definition) is 1. The van der Waals surface area contributed by atoms with E-state index in [0.29, 0.717) is 19.1 Å². The number of rotatable bonds is 5. The molecule has 1 atom stereocenters. The molecule has 1 aliphatic rings. The Morgan fingerprint density at radius 2 is 2.27 bits per heavy atom. The lowest BCUT2D eigenvalue weighted by Gasteiger charge is -2.17. The number of ether oxygens (including phenoxy) is 1. The van der Waals surface area contributed by atoms with Crippen LogP contribution in [0.4, 0.5) is 0 Å². The highest BCUT2D eigenvalue weighted by Crippen LogP contribution is 2.38. The number of fused-ring (bicyclic) bond motifs is 5. The topological polar surface area (TPSA) is 81.4 Å². The molecule has 138 valence electrons. The van der Waals surface area contributed by atoms with E-state index < -0.39 is 0 Å². The second kappa shape index (κ2) is 6.92. The van der Waals surface area contributed by atoms with Crippen molar-refractivity contribution >= 4 is 33.1 Å². The molecule has 1 unspecified atom stereocenters. The van der Waals surface area contributed by atoms with Crippen molar-refractivity contribution in [3.05, 3.63) is 22.1 Å². The van der Waals surface area contributed by atoms with Gasteiger partial charge in [-0.2, -0.15) is 4.52 Å². The summed E-state index contributed by atoms with van der Waals surface area (Å²) in [7, 11) is 1.65. The summed E-state index contributed by atoms with van der Waals surface area (Å²) in [6.45, 7) is 5.35. The lowest BCUT2D eigenvalue weighted by molar-refractivity contribution is 0.0938. The zero-order chi connectivity index (χ0) is 18.3. The summed E-state index contributed by atoms with van der Waals surface area (Å²) in [5.74, 6) is 1.36. The van der Waals surface area contributed by atoms with E-state index >= 15 is 0 Å². The number of carbonyl (C=O) groups is 1. The Hall–Kier alpha value is -2.06. The average molecular weight is 373 g/mol. The van der Waals surface area contributed by atoms with E-state index in [9.17, 15) is 4.79 Å². The maximum Gasteiger partial charge on any atom is 0.290 e. The Bertz CT molecular complexity index is 977. The van der Waals surface area contributed by atoms with Gasteiger partial charge in [-0.25, -0.2) is 9.97 Å². The Morgan fingerprint density at radius 3 is 3.08 bits per heavy atom. The lowest BCUT2D eigenvalue weighted by Crippen LogP contribution is -2.26. The van der Waals surface area contributed by atoms with Gasteiger partial charge in [-0.05, 0) is 44.1 Å². The molecule has 0 spiro atoms. The van der Waals surface area contributed by atoms with Crippen LogP contribution >= 0.6 is 11.3 Å². The molecule has 7 nitrogen and oxygen atoms in total. The molecule has 8 heteroatoms. The van der Waals surface area contributed by atoms with Crippen LogP contribution in [0.15, 0.2) is 0 Å². The van der Waals surface area contributed by atoms with Gasteiger partial charge in [0.25, 0.3) is 5.91 Å². The third kappa shape index (κ3) is 2.97. The van der Waals surface area contributed by atoms with E-state index in [1.165, 1.54) is 16.9 Å². The van der Waals surface area contributed by atoms with Crippen molar-refractivity contribution in [1.82, 2.24) is 24.9 Å². The highest BCUT2D eigenvalue weighted by molar-refractivity contribution is 7.19. The Balaban J connectivity index is 1.75. The van der Waals surface area contributed by atoms with Gasteiger partial charge in [-0.3, -0.25) is 4.79 Å². The van der Waals surface area contributed by atoms with Gasteiger partial charge in [0.05, 0.1) is 5.39 Å². The maximum absolute atomic E-state index is 12.4. The molecule has 3 aromatic rings. The summed E-state index contributed by atoms with van der Waals surface area (Å²) in [4.78, 5) is 24.1. The van der Waals surface area contributed by atoms with Crippen molar-refractivity contribution in [2.75, 3.05) is 20.3 Å². The molecule has 26 heavy (non-hydrogen) atoms. The minimum Gasteiger partial charge on any atom is -0.385 e. The van der Waals surface area contributed by atoms with Gasteiger partial charge < -0.3 is 10.1 Å². The van der Waals surface area contributed by atoms with Crippen LogP contribution < -0.4 is 5.32 Å². The first kappa shape index (κ1) is 17.4. The molecule has 0 radical (unpaired) electrons. The van der Waals surface area contributed by atoms with Crippen molar-refractivity contribution < 1.29 is 9.53 Å². The van der Waals surface area contributed by atoms with E-state index in [1.54, 1.807) is 23.0 Å². The van der Waals surface area contributed by atoms with Gasteiger partial charge >= 0.3 is 0 Å². The minimum absolute atomic E-state index is 0.198. The number of nitrogens with zero attached hydrogens (tertiary/aromatic N) is 4. The Morgan fingerprint density at radius 1 is 1.42 bits per heavy atom. The molecule has 4 rings (SSSR count). The number of aromatic nitrogens is 4. The minimum atomic E-state index is -0.255. The second-order valence-electron chi connectivity index (χ2n) is 6.96. The maximum atomic E-state index is 12.4. The number of carbonyl (C=O) groups excluding carboxylic acids is 1. The van der Waals surface area contributed by atoms with Crippen LogP contribution in [0.1, 0.15) is 46.6 Å². The van der Waals surface area contributed by atoms with Crippen LogP contribution in [-0.4, -0.2) is 45.8 Å². The van der Waals surface area contributed by atoms with Crippen molar-refractivity contribution in [2.24, 2.45) is 5.92 Å². The summed E-state index contributed by atoms with van der Waals surface area (Å²) in [6, 6.07) is 0. The molecule has 0 saturated carbocycles. The van der Waals surface area contributed by atoms with Crippen molar-refractivity contribution in [2.45, 2.75) is 39.5 Å². The molecule has 1 amide bonds. The zero-order valence-electron chi connectivity index (χ0n) is 15.3. The van der Waals surface area contributed by atoms with E-state index in [0.717, 1.165) is 41.0 Å². The molecule has 0 bridgehead atoms. The third-order valence-electron chi connectivity index (χ3n) is 4.90. The summed E-state index contributed by atoms with van der Waals surface area (Å²) >= 11 is 1.76. The van der Waals surface area contributed by atoms with Crippen LogP contribution in [0.2, 0.25) is 0 Å². The summed E-state index contributed by atoms with van der Waals surface area (Å²) in [6.07, 6.45) is 4.12. The van der Waals surface area contributed by atoms with Gasteiger partial charge in [-0.15, -0.1) is 16.4 Å². The predicted octanol–water partition coefficient (Wildman–Crippen LogP) is 2.54. The van der Waals surface area contributed by atoms with E-state index in [-0.39, 0.29) is 11.7 Å². The molecule has 0 aliphatic heterocycles. The van der Waals surface area contributed by atoms with Gasteiger partial charge in [0, 0.05) is 25.1 Å². The first-order valence-electron chi connectivity index (χ1n) is 9.03. The number of thiophene rings is 1. The number of aryl methyl sites for hydroxylation is 2. The molecular formula is C18H23N5O2S. The van der Waals surface area contributed by atoms with E-state index in [4.69, 9.17) is 9.72 Å². The molecular weight excluding hydrogens is 350 g/mol. The Labute approximate surface area is 155 Å². The number of hydrogen-bond acceptors (Lipinski definition) is 6. The normalized spacial score (nSPS) is 17.0. The first-order valence-corrected chi connectivity index (χ1v) is 9.85. The summed E-state index contributed by atoms with van der Waals surface area (Å²) in [5, 5.41) is 8.34. The van der Waals surface area contributed by atoms with Crippen LogP contribution in [-0.2, 0) is 17.6 Å². The summed E-state index contributed by atoms with van der Waals surface area (Å²) < 4.78 is 6.71. The molecule has 1 N–H and O–H groups in total. The molecule has 0 aromatic carbocycles. The molecule has 3 aromatic heterocycles. The molecule has 1 aliphatic carbocycles. The van der Waals surface area contributed by atoms with Crippen LogP contribution in [0, 0.1) is 12.8 Å². The monoisotopic (exact) mass is 373 g/mol. The zero-order valence-corrected chi connectivity index (χ0v) is 16.2. The van der Waals surface area contributed by atoms with Crippen LogP contribution in [0.5, 0.6) is 0 Å². The third-order valence-corrected chi connectivity index (χ3v) is 6.09. The van der Waals surface area contributed by atoms with Crippen molar-refractivity contribution in [3.63, 3.8) is 0 Å². The van der Waals surface area contributed by atoms with Crippen LogP contribution in [0.3, 0.4) is 0 Å². The predicted molar refractivity (Wildman–Crippen MR) is 101 cm³/mol. The lowest BCUT2D eigenvalue weighted by atomic mass is 9.89. The number of amides is 1. The quantitative estimate of drug-likeness (QED) is 0.695. The van der Waals surface area contributed by atoms with E-state index in [2.05, 4.69) is 22.3 Å². The Kier molecular flexibility index (Phi) is 4.62. The average Bonchev–Trinajstić information content (AvgIpc) is 3.20. The fourth-order valence-electron chi connectivity index (χ4n) is 3.54. The fraction of sp³-hybridized carbons (Fsp3) is 0.556. The second-order valence-corrected chi connectivity index (χ2v) is 8.05. The smallest absolute Gasteiger partial charge is 0.290 e. The van der Waals surface area contributed by atoms with Gasteiger partial charge in [0.15, 0.2) is 5.65 Å². The van der Waals surface area contributed by atoms with Gasteiger partial charge in [0.1, 0.15) is 10.7 Å². The highest BCUT2D eigenvalue weighted by atomic mass is 32.1. The SMILES string of the molecule is COCCCNC(=O)c1nc2c3c4c(sc3nc(C)n2n1)CCC(C)C4. The summed E-state index contributed by atoms with van der Waals surface area (Å²) in [5.41, 5.74) is 2.10. The standard InChI is InChI=1S/C18H23N5O2S/c1-10-5-6-13-12(9-10)14-16-21-15(17(24)19-7-4-8-25-3)22-23(16)11(2)20-18(14)26-13/h10H,4-9H2,1-3H3,(H,19,24). The highest BCUT2D eigenvalue weighted by Gasteiger charge is 2.25. The van der Waals surface area contributed by atoms with Crippen molar-refractivity contribution in [3.8, 4) is 0 Å². The first-order chi connectivity index (χ1) is 12.6. The largest absolute Gasteiger partial charge is 0.385 e. The molecule has 3 heterocycles. The van der Waals surface area contributed by atoms with Gasteiger partial charge in [0.2, 0.25) is 5.82 Å². The fourth-order valence-corrected chi connectivity index (χ4v) is 4.80. The molecule has 0 saturated heterocycles.